The van der Waals surface area contributed by atoms with Crippen LogP contribution in [0.4, 0.5) is 0 Å². The summed E-state index contributed by atoms with van der Waals surface area (Å²) in [5.74, 6) is 0.258. The van der Waals surface area contributed by atoms with E-state index in [0.717, 1.165) is 25.7 Å². The van der Waals surface area contributed by atoms with E-state index in [1.807, 2.05) is 18.7 Å². The highest BCUT2D eigenvalue weighted by Gasteiger charge is 2.44. The number of nitrogens with zero attached hydrogens (tertiary/aromatic N) is 1. The molecule has 0 aromatic rings. The van der Waals surface area contributed by atoms with Crippen LogP contribution in [0.25, 0.3) is 0 Å². The summed E-state index contributed by atoms with van der Waals surface area (Å²) in [5, 5.41) is 9.67. The van der Waals surface area contributed by atoms with Crippen LogP contribution in [0.5, 0.6) is 0 Å². The SMILES string of the molecule is CC(C)[C@@H](N)C(=O)N1C2CCC1CC(O)C2.Cl. The zero-order valence-electron chi connectivity index (χ0n) is 10.5. The first-order valence-electron chi connectivity index (χ1n) is 6.26. The second-order valence-electron chi connectivity index (χ2n) is 5.53. The van der Waals surface area contributed by atoms with Crippen molar-refractivity contribution >= 4 is 18.3 Å². The molecule has 0 aromatic heterocycles. The van der Waals surface area contributed by atoms with E-state index < -0.39 is 6.04 Å². The summed E-state index contributed by atoms with van der Waals surface area (Å²) in [6, 6.07) is 0.0652. The number of rotatable bonds is 2. The highest BCUT2D eigenvalue weighted by molar-refractivity contribution is 5.85. The number of nitrogens with two attached hydrogens (primary N) is 1. The van der Waals surface area contributed by atoms with Gasteiger partial charge in [0.05, 0.1) is 12.1 Å². The van der Waals surface area contributed by atoms with Gasteiger partial charge in [-0.1, -0.05) is 13.8 Å². The summed E-state index contributed by atoms with van der Waals surface area (Å²) in [4.78, 5) is 14.2. The Hall–Kier alpha value is -0.320. The Morgan fingerprint density at radius 1 is 1.29 bits per heavy atom. The third-order valence-electron chi connectivity index (χ3n) is 3.97. The summed E-state index contributed by atoms with van der Waals surface area (Å²) in [5.41, 5.74) is 5.92. The minimum atomic E-state index is -0.390. The molecule has 0 aromatic carbocycles. The van der Waals surface area contributed by atoms with Crippen molar-refractivity contribution in [2.45, 2.75) is 63.8 Å². The van der Waals surface area contributed by atoms with E-state index in [2.05, 4.69) is 0 Å². The molecule has 17 heavy (non-hydrogen) atoms. The fourth-order valence-electron chi connectivity index (χ4n) is 2.97. The first-order chi connectivity index (χ1) is 7.50. The van der Waals surface area contributed by atoms with Crippen molar-refractivity contribution in [3.05, 3.63) is 0 Å². The van der Waals surface area contributed by atoms with Gasteiger partial charge in [-0.15, -0.1) is 12.4 Å². The molecule has 3 atom stereocenters. The van der Waals surface area contributed by atoms with Gasteiger partial charge in [-0.05, 0) is 31.6 Å². The molecule has 100 valence electrons. The van der Waals surface area contributed by atoms with E-state index in [0.29, 0.717) is 0 Å². The summed E-state index contributed by atoms with van der Waals surface area (Å²) in [7, 11) is 0. The Morgan fingerprint density at radius 3 is 2.18 bits per heavy atom. The molecular formula is C12H23ClN2O2. The number of aliphatic hydroxyl groups is 1. The van der Waals surface area contributed by atoms with Crippen molar-refractivity contribution in [3.8, 4) is 0 Å². The quantitative estimate of drug-likeness (QED) is 0.777. The molecule has 2 saturated heterocycles. The number of hydrogen-bond acceptors (Lipinski definition) is 3. The van der Waals surface area contributed by atoms with Gasteiger partial charge in [0.1, 0.15) is 0 Å². The van der Waals surface area contributed by atoms with Gasteiger partial charge in [0.15, 0.2) is 0 Å². The molecule has 2 rings (SSSR count). The van der Waals surface area contributed by atoms with Gasteiger partial charge in [0.25, 0.3) is 0 Å². The van der Waals surface area contributed by atoms with Crippen molar-refractivity contribution in [1.82, 2.24) is 4.90 Å². The van der Waals surface area contributed by atoms with Crippen molar-refractivity contribution < 1.29 is 9.90 Å². The molecule has 2 bridgehead atoms. The van der Waals surface area contributed by atoms with Crippen LogP contribution >= 0.6 is 12.4 Å². The molecule has 2 fully saturated rings. The summed E-state index contributed by atoms with van der Waals surface area (Å²) in [6.07, 6.45) is 3.29. The van der Waals surface area contributed by atoms with Crippen molar-refractivity contribution in [2.75, 3.05) is 0 Å². The molecule has 0 aliphatic carbocycles. The van der Waals surface area contributed by atoms with Crippen LogP contribution in [0, 0.1) is 5.92 Å². The molecule has 2 unspecified atom stereocenters. The standard InChI is InChI=1S/C12H22N2O2.ClH/c1-7(2)11(13)12(16)14-8-3-4-9(14)6-10(15)5-8;/h7-11,15H,3-6,13H2,1-2H3;1H/t8?,9?,10?,11-;/m1./s1. The first-order valence-corrected chi connectivity index (χ1v) is 6.26. The Balaban J connectivity index is 0.00000144. The number of carbonyl (C=O) groups is 1. The second kappa shape index (κ2) is 5.55. The van der Waals surface area contributed by atoms with Gasteiger partial charge in [0, 0.05) is 12.1 Å². The average Bonchev–Trinajstić information content (AvgIpc) is 2.49. The van der Waals surface area contributed by atoms with Gasteiger partial charge in [0.2, 0.25) is 5.91 Å². The van der Waals surface area contributed by atoms with E-state index in [9.17, 15) is 9.90 Å². The maximum Gasteiger partial charge on any atom is 0.240 e. The molecule has 3 N–H and O–H groups in total. The van der Waals surface area contributed by atoms with Crippen molar-refractivity contribution in [1.29, 1.82) is 0 Å². The van der Waals surface area contributed by atoms with Gasteiger partial charge in [-0.3, -0.25) is 4.79 Å². The topological polar surface area (TPSA) is 66.6 Å². The van der Waals surface area contributed by atoms with Gasteiger partial charge in [-0.25, -0.2) is 0 Å². The highest BCUT2D eigenvalue weighted by atomic mass is 35.5. The van der Waals surface area contributed by atoms with Crippen LogP contribution in [0.15, 0.2) is 0 Å². The van der Waals surface area contributed by atoms with Crippen LogP contribution in [0.3, 0.4) is 0 Å². The lowest BCUT2D eigenvalue weighted by Crippen LogP contribution is -2.54. The largest absolute Gasteiger partial charge is 0.393 e. The van der Waals surface area contributed by atoms with E-state index in [-0.39, 0.29) is 42.4 Å². The number of fused-ring (bicyclic) bond motifs is 2. The molecule has 0 spiro atoms. The predicted octanol–water partition coefficient (Wildman–Crippen LogP) is 0.906. The third kappa shape index (κ3) is 2.75. The maximum atomic E-state index is 12.2. The molecule has 0 saturated carbocycles. The predicted molar refractivity (Wildman–Crippen MR) is 69.0 cm³/mol. The molecule has 2 aliphatic heterocycles. The van der Waals surface area contributed by atoms with E-state index in [1.165, 1.54) is 0 Å². The number of hydrogen-bond donors (Lipinski definition) is 2. The lowest BCUT2D eigenvalue weighted by molar-refractivity contribution is -0.139. The summed E-state index contributed by atoms with van der Waals surface area (Å²) < 4.78 is 0. The smallest absolute Gasteiger partial charge is 0.240 e. The van der Waals surface area contributed by atoms with Crippen LogP contribution in [-0.2, 0) is 4.79 Å². The second-order valence-corrected chi connectivity index (χ2v) is 5.53. The summed E-state index contributed by atoms with van der Waals surface area (Å²) in [6.45, 7) is 3.95. The van der Waals surface area contributed by atoms with Gasteiger partial charge >= 0.3 is 0 Å². The molecule has 4 nitrogen and oxygen atoms in total. The number of carbonyl (C=O) groups excluding carboxylic acids is 1. The minimum Gasteiger partial charge on any atom is -0.393 e. The fraction of sp³-hybridized carbons (Fsp3) is 0.917. The zero-order valence-corrected chi connectivity index (χ0v) is 11.3. The molecule has 2 aliphatic rings. The summed E-state index contributed by atoms with van der Waals surface area (Å²) >= 11 is 0. The Morgan fingerprint density at radius 2 is 1.76 bits per heavy atom. The lowest BCUT2D eigenvalue weighted by Gasteiger charge is -2.39. The average molecular weight is 263 g/mol. The molecular weight excluding hydrogens is 240 g/mol. The van der Waals surface area contributed by atoms with Crippen LogP contribution in [-0.4, -0.2) is 40.1 Å². The third-order valence-corrected chi connectivity index (χ3v) is 3.97. The number of piperidine rings is 1. The number of amides is 1. The van der Waals surface area contributed by atoms with Gasteiger partial charge < -0.3 is 15.7 Å². The molecule has 0 radical (unpaired) electrons. The van der Waals surface area contributed by atoms with Crippen LogP contribution in [0.1, 0.15) is 39.5 Å². The van der Waals surface area contributed by atoms with Gasteiger partial charge in [-0.2, -0.15) is 0 Å². The van der Waals surface area contributed by atoms with Crippen LogP contribution in [0.2, 0.25) is 0 Å². The Kier molecular flexibility index (Phi) is 4.81. The zero-order chi connectivity index (χ0) is 11.9. The monoisotopic (exact) mass is 262 g/mol. The van der Waals surface area contributed by atoms with Crippen molar-refractivity contribution in [3.63, 3.8) is 0 Å². The van der Waals surface area contributed by atoms with Crippen molar-refractivity contribution in [2.24, 2.45) is 11.7 Å². The van der Waals surface area contributed by atoms with E-state index in [4.69, 9.17) is 5.73 Å². The Bertz CT molecular complexity index is 272. The number of halogens is 1. The van der Waals surface area contributed by atoms with E-state index in [1.54, 1.807) is 0 Å². The number of aliphatic hydroxyl groups excluding tert-OH is 1. The maximum absolute atomic E-state index is 12.2. The fourth-order valence-corrected chi connectivity index (χ4v) is 2.97. The molecule has 2 heterocycles. The Labute approximate surface area is 109 Å². The first kappa shape index (κ1) is 14.7. The molecule has 1 amide bonds. The minimum absolute atomic E-state index is 0. The molecule has 5 heteroatoms. The lowest BCUT2D eigenvalue weighted by atomic mass is 9.96. The highest BCUT2D eigenvalue weighted by Crippen LogP contribution is 2.36. The normalized spacial score (nSPS) is 33.5. The van der Waals surface area contributed by atoms with Crippen LogP contribution < -0.4 is 5.73 Å². The van der Waals surface area contributed by atoms with E-state index >= 15 is 0 Å².